The summed E-state index contributed by atoms with van der Waals surface area (Å²) in [4.78, 5) is 24.2. The zero-order chi connectivity index (χ0) is 17.6. The summed E-state index contributed by atoms with van der Waals surface area (Å²) in [7, 11) is 0. The third kappa shape index (κ3) is 4.06. The Bertz CT molecular complexity index is 955. The molecule has 0 radical (unpaired) electrons. The van der Waals surface area contributed by atoms with Gasteiger partial charge in [0, 0.05) is 13.0 Å². The normalized spacial score (nSPS) is 10.8. The minimum Gasteiger partial charge on any atom is -0.356 e. The molecule has 0 fully saturated rings. The Kier molecular flexibility index (Phi) is 5.13. The number of hydrogen-bond donors (Lipinski definition) is 1. The van der Waals surface area contributed by atoms with E-state index in [0.717, 1.165) is 0 Å². The maximum Gasteiger partial charge on any atom is 0.277 e. The van der Waals surface area contributed by atoms with E-state index in [4.69, 9.17) is 0 Å². The molecule has 0 aliphatic heterocycles. The maximum absolute atomic E-state index is 13.5. The molecule has 2 aromatic carbocycles. The van der Waals surface area contributed by atoms with Crippen molar-refractivity contribution in [3.63, 3.8) is 0 Å². The van der Waals surface area contributed by atoms with E-state index in [0.29, 0.717) is 29.4 Å². The third-order valence-corrected chi connectivity index (χ3v) is 3.85. The molecule has 1 N–H and O–H groups in total. The van der Waals surface area contributed by atoms with Gasteiger partial charge in [-0.25, -0.2) is 9.07 Å². The molecule has 6 nitrogen and oxygen atoms in total. The summed E-state index contributed by atoms with van der Waals surface area (Å²) in [5, 5.41) is 11.0. The van der Waals surface area contributed by atoms with Gasteiger partial charge >= 0.3 is 0 Å². The Balaban J connectivity index is 1.53. The van der Waals surface area contributed by atoms with Gasteiger partial charge in [0.05, 0.1) is 11.9 Å². The van der Waals surface area contributed by atoms with Crippen LogP contribution in [0.5, 0.6) is 0 Å². The minimum atomic E-state index is -0.283. The lowest BCUT2D eigenvalue weighted by atomic mass is 10.1. The number of carbonyl (C=O) groups excluding carboxylic acids is 1. The van der Waals surface area contributed by atoms with E-state index in [9.17, 15) is 14.0 Å². The van der Waals surface area contributed by atoms with Crippen molar-refractivity contribution in [3.05, 3.63) is 70.3 Å². The van der Waals surface area contributed by atoms with Crippen LogP contribution in [0.25, 0.3) is 10.9 Å². The average Bonchev–Trinajstić information content (AvgIpc) is 2.63. The standard InChI is InChI=1S/C18H17FN4O2/c19-15-7-3-1-5-13(15)9-11-20-17(24)10-12-23-18(25)14-6-2-4-8-16(14)21-22-23/h1-8H,9-12H2,(H,20,24). The van der Waals surface area contributed by atoms with Crippen molar-refractivity contribution in [1.29, 1.82) is 0 Å². The van der Waals surface area contributed by atoms with Gasteiger partial charge in [-0.2, -0.15) is 0 Å². The van der Waals surface area contributed by atoms with Crippen LogP contribution in [0.2, 0.25) is 0 Å². The Morgan fingerprint density at radius 3 is 2.72 bits per heavy atom. The molecule has 0 aliphatic carbocycles. The van der Waals surface area contributed by atoms with Gasteiger partial charge < -0.3 is 5.32 Å². The molecule has 0 aliphatic rings. The van der Waals surface area contributed by atoms with E-state index < -0.39 is 0 Å². The molecule has 128 valence electrons. The number of benzene rings is 2. The minimum absolute atomic E-state index is 0.101. The lowest BCUT2D eigenvalue weighted by molar-refractivity contribution is -0.121. The quantitative estimate of drug-likeness (QED) is 0.741. The van der Waals surface area contributed by atoms with Gasteiger partial charge in [0.15, 0.2) is 0 Å². The fraction of sp³-hybridized carbons (Fsp3) is 0.222. The Labute approximate surface area is 143 Å². The summed E-state index contributed by atoms with van der Waals surface area (Å²) in [6.07, 6.45) is 0.512. The monoisotopic (exact) mass is 340 g/mol. The van der Waals surface area contributed by atoms with E-state index in [-0.39, 0.29) is 30.2 Å². The predicted octanol–water partition coefficient (Wildman–Crippen LogP) is 1.68. The second-order valence-corrected chi connectivity index (χ2v) is 5.58. The molecule has 0 bridgehead atoms. The number of fused-ring (bicyclic) bond motifs is 1. The lowest BCUT2D eigenvalue weighted by Gasteiger charge is -2.07. The molecular formula is C18H17FN4O2. The molecule has 1 aromatic heterocycles. The molecule has 3 rings (SSSR count). The first-order valence-electron chi connectivity index (χ1n) is 7.98. The molecule has 3 aromatic rings. The Morgan fingerprint density at radius 2 is 1.88 bits per heavy atom. The molecule has 0 spiro atoms. The van der Waals surface area contributed by atoms with E-state index in [2.05, 4.69) is 15.6 Å². The zero-order valence-corrected chi connectivity index (χ0v) is 13.5. The molecule has 0 unspecified atom stereocenters. The molecule has 0 saturated heterocycles. The van der Waals surface area contributed by atoms with Crippen molar-refractivity contribution in [2.24, 2.45) is 0 Å². The number of aryl methyl sites for hydroxylation is 1. The van der Waals surface area contributed by atoms with Gasteiger partial charge in [0.25, 0.3) is 5.56 Å². The van der Waals surface area contributed by atoms with Crippen LogP contribution in [0, 0.1) is 5.82 Å². The van der Waals surface area contributed by atoms with Gasteiger partial charge in [-0.15, -0.1) is 5.10 Å². The van der Waals surface area contributed by atoms with Crippen molar-refractivity contribution in [3.8, 4) is 0 Å². The summed E-state index contributed by atoms with van der Waals surface area (Å²) in [5.41, 5.74) is 0.808. The Morgan fingerprint density at radius 1 is 1.12 bits per heavy atom. The summed E-state index contributed by atoms with van der Waals surface area (Å²) >= 11 is 0. The van der Waals surface area contributed by atoms with Crippen LogP contribution < -0.4 is 10.9 Å². The van der Waals surface area contributed by atoms with Gasteiger partial charge in [-0.05, 0) is 30.2 Å². The van der Waals surface area contributed by atoms with Crippen LogP contribution in [0.1, 0.15) is 12.0 Å². The van der Waals surface area contributed by atoms with E-state index in [1.807, 2.05) is 0 Å². The predicted molar refractivity (Wildman–Crippen MR) is 91.5 cm³/mol. The average molecular weight is 340 g/mol. The molecule has 1 amide bonds. The SMILES string of the molecule is O=C(CCn1nnc2ccccc2c1=O)NCCc1ccccc1F. The van der Waals surface area contributed by atoms with Crippen LogP contribution >= 0.6 is 0 Å². The summed E-state index contributed by atoms with van der Waals surface area (Å²) in [6, 6.07) is 13.4. The molecule has 25 heavy (non-hydrogen) atoms. The largest absolute Gasteiger partial charge is 0.356 e. The highest BCUT2D eigenvalue weighted by molar-refractivity contribution is 5.77. The highest BCUT2D eigenvalue weighted by Crippen LogP contribution is 2.06. The summed E-state index contributed by atoms with van der Waals surface area (Å²) in [6.45, 7) is 0.472. The lowest BCUT2D eigenvalue weighted by Crippen LogP contribution is -2.30. The number of aromatic nitrogens is 3. The van der Waals surface area contributed by atoms with Crippen LogP contribution in [-0.4, -0.2) is 27.4 Å². The van der Waals surface area contributed by atoms with E-state index >= 15 is 0 Å². The van der Waals surface area contributed by atoms with Crippen molar-refractivity contribution >= 4 is 16.8 Å². The van der Waals surface area contributed by atoms with Gasteiger partial charge in [0.1, 0.15) is 11.3 Å². The first kappa shape index (κ1) is 16.8. The van der Waals surface area contributed by atoms with Crippen molar-refractivity contribution in [2.75, 3.05) is 6.54 Å². The number of carbonyl (C=O) groups is 1. The summed E-state index contributed by atoms with van der Waals surface area (Å²) in [5.74, 6) is -0.507. The fourth-order valence-corrected chi connectivity index (χ4v) is 2.50. The van der Waals surface area contributed by atoms with E-state index in [1.54, 1.807) is 42.5 Å². The second-order valence-electron chi connectivity index (χ2n) is 5.58. The highest BCUT2D eigenvalue weighted by atomic mass is 19.1. The second kappa shape index (κ2) is 7.65. The first-order valence-corrected chi connectivity index (χ1v) is 7.98. The number of rotatable bonds is 6. The molecular weight excluding hydrogens is 323 g/mol. The molecule has 7 heteroatoms. The summed E-state index contributed by atoms with van der Waals surface area (Å²) < 4.78 is 14.7. The number of halogens is 1. The van der Waals surface area contributed by atoms with Gasteiger partial charge in [-0.3, -0.25) is 9.59 Å². The third-order valence-electron chi connectivity index (χ3n) is 3.85. The smallest absolute Gasteiger partial charge is 0.277 e. The maximum atomic E-state index is 13.5. The van der Waals surface area contributed by atoms with Crippen molar-refractivity contribution in [2.45, 2.75) is 19.4 Å². The number of hydrogen-bond acceptors (Lipinski definition) is 4. The fourth-order valence-electron chi connectivity index (χ4n) is 2.50. The van der Waals surface area contributed by atoms with Crippen LogP contribution in [0.4, 0.5) is 4.39 Å². The molecule has 0 saturated carbocycles. The first-order chi connectivity index (χ1) is 12.1. The number of amides is 1. The van der Waals surface area contributed by atoms with Gasteiger partial charge in [-0.1, -0.05) is 35.5 Å². The molecule has 0 atom stereocenters. The molecule has 1 heterocycles. The number of nitrogens with zero attached hydrogens (tertiary/aromatic N) is 3. The van der Waals surface area contributed by atoms with Crippen molar-refractivity contribution < 1.29 is 9.18 Å². The van der Waals surface area contributed by atoms with Crippen molar-refractivity contribution in [1.82, 2.24) is 20.3 Å². The highest BCUT2D eigenvalue weighted by Gasteiger charge is 2.08. The topological polar surface area (TPSA) is 76.9 Å². The number of nitrogens with one attached hydrogen (secondary N) is 1. The van der Waals surface area contributed by atoms with E-state index in [1.165, 1.54) is 10.7 Å². The van der Waals surface area contributed by atoms with Crippen LogP contribution in [0.15, 0.2) is 53.3 Å². The van der Waals surface area contributed by atoms with Crippen LogP contribution in [0.3, 0.4) is 0 Å². The van der Waals surface area contributed by atoms with Crippen LogP contribution in [-0.2, 0) is 17.8 Å². The zero-order valence-electron chi connectivity index (χ0n) is 13.5. The Hall–Kier alpha value is -3.09. The van der Waals surface area contributed by atoms with Gasteiger partial charge in [0.2, 0.25) is 5.91 Å².